The van der Waals surface area contributed by atoms with E-state index in [1.165, 1.54) is 11.6 Å². The number of rotatable bonds is 6. The summed E-state index contributed by atoms with van der Waals surface area (Å²) in [4.78, 5) is 48.9. The molecule has 2 rings (SSSR count). The minimum absolute atomic E-state index is 0.0753. The molecule has 138 valence electrons. The molecule has 1 aromatic heterocycles. The Morgan fingerprint density at radius 1 is 1.15 bits per heavy atom. The van der Waals surface area contributed by atoms with Crippen LogP contribution in [0, 0.1) is 5.92 Å². The minimum Gasteiger partial charge on any atom is -0.454 e. The summed E-state index contributed by atoms with van der Waals surface area (Å²) in [6.45, 7) is 3.36. The van der Waals surface area contributed by atoms with Crippen LogP contribution in [0.3, 0.4) is 0 Å². The number of Topliss-reactive ketones (excluding diaryl/α,β-unsaturated/α-hetero) is 1. The van der Waals surface area contributed by atoms with Crippen LogP contribution < -0.4 is 17.0 Å². The Morgan fingerprint density at radius 2 is 1.77 bits per heavy atom. The molecule has 2 aromatic rings. The lowest BCUT2D eigenvalue weighted by Gasteiger charge is -2.16. The molecule has 2 N–H and O–H groups in total. The Morgan fingerprint density at radius 3 is 2.35 bits per heavy atom. The number of nitrogens with two attached hydrogens (primary N) is 1. The molecule has 0 amide bonds. The van der Waals surface area contributed by atoms with Gasteiger partial charge in [-0.1, -0.05) is 32.0 Å². The van der Waals surface area contributed by atoms with Gasteiger partial charge in [-0.3, -0.25) is 18.7 Å². The fourth-order valence-electron chi connectivity index (χ4n) is 2.45. The van der Waals surface area contributed by atoms with Crippen LogP contribution in [0.4, 0.5) is 5.82 Å². The lowest BCUT2D eigenvalue weighted by atomic mass is 10.1. The molecule has 1 heterocycles. The Kier molecular flexibility index (Phi) is 5.76. The largest absolute Gasteiger partial charge is 0.454 e. The first-order chi connectivity index (χ1) is 12.2. The van der Waals surface area contributed by atoms with E-state index in [4.69, 9.17) is 10.5 Å². The molecule has 0 saturated heterocycles. The first-order valence-electron chi connectivity index (χ1n) is 8.08. The number of benzene rings is 1. The van der Waals surface area contributed by atoms with Crippen LogP contribution in [0.1, 0.15) is 34.6 Å². The van der Waals surface area contributed by atoms with E-state index in [0.29, 0.717) is 0 Å². The molecule has 26 heavy (non-hydrogen) atoms. The van der Waals surface area contributed by atoms with Crippen LogP contribution in [0.5, 0.6) is 0 Å². The molecule has 0 saturated carbocycles. The van der Waals surface area contributed by atoms with Gasteiger partial charge in [-0.05, 0) is 18.1 Å². The summed E-state index contributed by atoms with van der Waals surface area (Å²) in [6, 6.07) is 8.15. The quantitative estimate of drug-likeness (QED) is 0.603. The molecule has 1 aromatic carbocycles. The predicted molar refractivity (Wildman–Crippen MR) is 96.2 cm³/mol. The van der Waals surface area contributed by atoms with Gasteiger partial charge in [0.05, 0.1) is 5.56 Å². The summed E-state index contributed by atoms with van der Waals surface area (Å²) in [5.74, 6) is -1.59. The zero-order valence-corrected chi connectivity index (χ0v) is 14.9. The van der Waals surface area contributed by atoms with Crippen LogP contribution >= 0.6 is 0 Å². The van der Waals surface area contributed by atoms with Gasteiger partial charge in [0.2, 0.25) is 5.78 Å². The molecule has 0 unspecified atom stereocenters. The fourth-order valence-corrected chi connectivity index (χ4v) is 2.45. The fraction of sp³-hybridized carbons (Fsp3) is 0.333. The van der Waals surface area contributed by atoms with E-state index in [9.17, 15) is 19.2 Å². The van der Waals surface area contributed by atoms with Gasteiger partial charge in [-0.2, -0.15) is 0 Å². The number of carbonyl (C=O) groups excluding carboxylic acids is 2. The molecule has 0 radical (unpaired) electrons. The van der Waals surface area contributed by atoms with E-state index in [0.717, 1.165) is 4.57 Å². The van der Waals surface area contributed by atoms with Crippen molar-refractivity contribution in [3.8, 4) is 0 Å². The molecule has 0 spiro atoms. The van der Waals surface area contributed by atoms with Crippen molar-refractivity contribution < 1.29 is 14.3 Å². The van der Waals surface area contributed by atoms with Crippen molar-refractivity contribution in [3.63, 3.8) is 0 Å². The average Bonchev–Trinajstić information content (AvgIpc) is 2.62. The van der Waals surface area contributed by atoms with Crippen LogP contribution in [0.15, 0.2) is 39.9 Å². The number of hydrogen-bond acceptors (Lipinski definition) is 6. The summed E-state index contributed by atoms with van der Waals surface area (Å²) in [7, 11) is 1.27. The highest BCUT2D eigenvalue weighted by atomic mass is 16.5. The Hall–Kier alpha value is -3.16. The Bertz CT molecular complexity index is 942. The number of nitrogen functional groups attached to an aromatic ring is 1. The summed E-state index contributed by atoms with van der Waals surface area (Å²) in [6.07, 6.45) is 0. The van der Waals surface area contributed by atoms with Crippen LogP contribution in [-0.4, -0.2) is 27.5 Å². The summed E-state index contributed by atoms with van der Waals surface area (Å²) >= 11 is 0. The number of ether oxygens (including phenoxy) is 1. The highest BCUT2D eigenvalue weighted by molar-refractivity contribution is 6.02. The molecule has 0 aliphatic heterocycles. The third-order valence-corrected chi connectivity index (χ3v) is 3.75. The van der Waals surface area contributed by atoms with E-state index < -0.39 is 29.6 Å². The Labute approximate surface area is 149 Å². The third kappa shape index (κ3) is 3.90. The van der Waals surface area contributed by atoms with Crippen molar-refractivity contribution in [2.24, 2.45) is 13.0 Å². The number of esters is 1. The highest BCUT2D eigenvalue weighted by Crippen LogP contribution is 2.09. The molecule has 0 bridgehead atoms. The smallest absolute Gasteiger partial charge is 0.338 e. The maximum absolute atomic E-state index is 12.4. The van der Waals surface area contributed by atoms with E-state index in [2.05, 4.69) is 0 Å². The van der Waals surface area contributed by atoms with Gasteiger partial charge in [-0.15, -0.1) is 0 Å². The van der Waals surface area contributed by atoms with E-state index in [-0.39, 0.29) is 29.4 Å². The lowest BCUT2D eigenvalue weighted by Crippen LogP contribution is -2.43. The van der Waals surface area contributed by atoms with Crippen LogP contribution in [0.2, 0.25) is 0 Å². The maximum Gasteiger partial charge on any atom is 0.338 e. The lowest BCUT2D eigenvalue weighted by molar-refractivity contribution is 0.0474. The van der Waals surface area contributed by atoms with E-state index in [1.54, 1.807) is 30.3 Å². The molecular formula is C18H21N3O5. The van der Waals surface area contributed by atoms with Gasteiger partial charge >= 0.3 is 11.7 Å². The van der Waals surface area contributed by atoms with Gasteiger partial charge < -0.3 is 10.5 Å². The molecule has 0 aliphatic carbocycles. The maximum atomic E-state index is 12.4. The Balaban J connectivity index is 2.31. The normalized spacial score (nSPS) is 10.8. The van der Waals surface area contributed by atoms with Crippen molar-refractivity contribution in [2.75, 3.05) is 12.3 Å². The molecule has 0 aliphatic rings. The zero-order valence-electron chi connectivity index (χ0n) is 14.9. The molecule has 0 fully saturated rings. The van der Waals surface area contributed by atoms with Crippen molar-refractivity contribution in [1.82, 2.24) is 9.13 Å². The third-order valence-electron chi connectivity index (χ3n) is 3.75. The van der Waals surface area contributed by atoms with E-state index in [1.807, 2.05) is 13.8 Å². The number of hydrogen-bond donors (Lipinski definition) is 1. The number of nitrogens with zero attached hydrogens (tertiary/aromatic N) is 2. The second-order valence-electron chi connectivity index (χ2n) is 6.28. The number of carbonyl (C=O) groups is 2. The van der Waals surface area contributed by atoms with Crippen LogP contribution in [0.25, 0.3) is 0 Å². The minimum atomic E-state index is -0.812. The molecular weight excluding hydrogens is 338 g/mol. The molecule has 0 atom stereocenters. The molecule has 8 nitrogen and oxygen atoms in total. The second-order valence-corrected chi connectivity index (χ2v) is 6.28. The molecule has 8 heteroatoms. The van der Waals surface area contributed by atoms with Crippen molar-refractivity contribution in [2.45, 2.75) is 20.4 Å². The van der Waals surface area contributed by atoms with Crippen molar-refractivity contribution >= 4 is 17.6 Å². The van der Waals surface area contributed by atoms with E-state index >= 15 is 0 Å². The summed E-state index contributed by atoms with van der Waals surface area (Å²) in [5.41, 5.74) is 4.43. The van der Waals surface area contributed by atoms with Crippen molar-refractivity contribution in [3.05, 3.63) is 62.3 Å². The monoisotopic (exact) mass is 359 g/mol. The number of ketones is 1. The summed E-state index contributed by atoms with van der Waals surface area (Å²) in [5, 5.41) is 0. The second kappa shape index (κ2) is 7.81. The average molecular weight is 359 g/mol. The first kappa shape index (κ1) is 19.2. The standard InChI is InChI=1S/C18H21N3O5/c1-11(2)9-21-15(19)14(16(23)20(3)18(21)25)13(22)10-26-17(24)12-7-5-4-6-8-12/h4-8,11H,9-10,19H2,1-3H3. The predicted octanol–water partition coefficient (Wildman–Crippen LogP) is 0.825. The van der Waals surface area contributed by atoms with Crippen LogP contribution in [-0.2, 0) is 18.3 Å². The van der Waals surface area contributed by atoms with Gasteiger partial charge in [0.15, 0.2) is 6.61 Å². The SMILES string of the molecule is CC(C)Cn1c(N)c(C(=O)COC(=O)c2ccccc2)c(=O)n(C)c1=O. The number of anilines is 1. The van der Waals surface area contributed by atoms with Crippen molar-refractivity contribution in [1.29, 1.82) is 0 Å². The van der Waals surface area contributed by atoms with Gasteiger partial charge in [0, 0.05) is 13.6 Å². The zero-order chi connectivity index (χ0) is 19.4. The highest BCUT2D eigenvalue weighted by Gasteiger charge is 2.23. The summed E-state index contributed by atoms with van der Waals surface area (Å²) < 4.78 is 6.97. The topological polar surface area (TPSA) is 113 Å². The first-order valence-corrected chi connectivity index (χ1v) is 8.08. The van der Waals surface area contributed by atoms with Gasteiger partial charge in [-0.25, -0.2) is 9.59 Å². The van der Waals surface area contributed by atoms with Gasteiger partial charge in [0.1, 0.15) is 11.4 Å². The number of aromatic nitrogens is 2. The van der Waals surface area contributed by atoms with Gasteiger partial charge in [0.25, 0.3) is 5.56 Å².